The molecular formula is C21H20N4O5. The van der Waals surface area contributed by atoms with Crippen LogP contribution in [0.5, 0.6) is 5.75 Å². The number of furan rings is 1. The van der Waals surface area contributed by atoms with Gasteiger partial charge in [0.05, 0.1) is 6.26 Å². The van der Waals surface area contributed by atoms with E-state index in [0.717, 1.165) is 0 Å². The van der Waals surface area contributed by atoms with Gasteiger partial charge in [0.2, 0.25) is 0 Å². The molecule has 9 nitrogen and oxygen atoms in total. The van der Waals surface area contributed by atoms with Crippen LogP contribution in [0.4, 0.5) is 21.9 Å². The molecule has 3 aromatic rings. The molecule has 0 aliphatic carbocycles. The Balaban J connectivity index is 1.50. The van der Waals surface area contributed by atoms with Crippen molar-refractivity contribution in [3.05, 3.63) is 72.7 Å². The summed E-state index contributed by atoms with van der Waals surface area (Å²) in [5.74, 6) is -0.124. The van der Waals surface area contributed by atoms with E-state index in [4.69, 9.17) is 9.15 Å². The van der Waals surface area contributed by atoms with E-state index in [1.165, 1.54) is 13.3 Å². The molecule has 2 aromatic carbocycles. The number of hydrogen-bond donors (Lipinski definition) is 4. The molecule has 0 saturated heterocycles. The average molecular weight is 408 g/mol. The van der Waals surface area contributed by atoms with Gasteiger partial charge in [-0.05, 0) is 48.5 Å². The number of carbonyl (C=O) groups is 3. The Morgan fingerprint density at radius 1 is 0.867 bits per heavy atom. The molecule has 1 aromatic heterocycles. The van der Waals surface area contributed by atoms with Crippen molar-refractivity contribution < 1.29 is 23.5 Å². The highest BCUT2D eigenvalue weighted by Crippen LogP contribution is 2.19. The molecular weight excluding hydrogens is 388 g/mol. The van der Waals surface area contributed by atoms with Gasteiger partial charge < -0.3 is 30.4 Å². The number of nitrogens with one attached hydrogen (secondary N) is 4. The predicted octanol–water partition coefficient (Wildman–Crippen LogP) is 3.30. The summed E-state index contributed by atoms with van der Waals surface area (Å²) in [5.41, 5.74) is 1.66. The zero-order valence-electron chi connectivity index (χ0n) is 16.1. The van der Waals surface area contributed by atoms with Crippen LogP contribution in [-0.4, -0.2) is 31.5 Å². The number of hydrogen-bond acceptors (Lipinski definition) is 5. The fourth-order valence-corrected chi connectivity index (χ4v) is 2.44. The predicted molar refractivity (Wildman–Crippen MR) is 112 cm³/mol. The van der Waals surface area contributed by atoms with Crippen molar-refractivity contribution >= 4 is 34.9 Å². The number of ether oxygens (including phenoxy) is 1. The largest absolute Gasteiger partial charge is 0.484 e. The van der Waals surface area contributed by atoms with E-state index in [1.54, 1.807) is 60.7 Å². The first-order valence-corrected chi connectivity index (χ1v) is 9.00. The highest BCUT2D eigenvalue weighted by molar-refractivity contribution is 6.02. The first kappa shape index (κ1) is 20.5. The molecule has 154 valence electrons. The molecule has 0 spiro atoms. The summed E-state index contributed by atoms with van der Waals surface area (Å²) >= 11 is 0. The van der Waals surface area contributed by atoms with Gasteiger partial charge in [-0.2, -0.15) is 0 Å². The Labute approximate surface area is 172 Å². The minimum absolute atomic E-state index is 0.192. The zero-order valence-corrected chi connectivity index (χ0v) is 16.1. The molecule has 0 unspecified atom stereocenters. The van der Waals surface area contributed by atoms with Gasteiger partial charge in [-0.15, -0.1) is 0 Å². The molecule has 4 N–H and O–H groups in total. The standard InChI is InChI=1S/C21H20N4O5/c1-22-21(28)25-15-9-7-14(8-10-15)23-19(26)13-30-17-5-2-4-16(12-17)24-20(27)18-6-3-11-29-18/h2-12H,13H2,1H3,(H,23,26)(H,24,27)(H2,22,25,28). The lowest BCUT2D eigenvalue weighted by Gasteiger charge is -2.10. The maximum absolute atomic E-state index is 12.1. The Bertz CT molecular complexity index is 1020. The second kappa shape index (κ2) is 9.78. The van der Waals surface area contributed by atoms with E-state index in [9.17, 15) is 14.4 Å². The van der Waals surface area contributed by atoms with Crippen LogP contribution < -0.4 is 26.0 Å². The minimum Gasteiger partial charge on any atom is -0.484 e. The Morgan fingerprint density at radius 3 is 2.27 bits per heavy atom. The fourth-order valence-electron chi connectivity index (χ4n) is 2.44. The topological polar surface area (TPSA) is 122 Å². The third-order valence-electron chi connectivity index (χ3n) is 3.86. The normalized spacial score (nSPS) is 10.0. The molecule has 0 bridgehead atoms. The summed E-state index contributed by atoms with van der Waals surface area (Å²) in [6.45, 7) is -0.214. The first-order chi connectivity index (χ1) is 14.5. The molecule has 0 saturated carbocycles. The summed E-state index contributed by atoms with van der Waals surface area (Å²) in [4.78, 5) is 35.4. The van der Waals surface area contributed by atoms with Crippen molar-refractivity contribution in [2.75, 3.05) is 29.6 Å². The smallest absolute Gasteiger partial charge is 0.318 e. The first-order valence-electron chi connectivity index (χ1n) is 9.00. The number of amides is 4. The lowest BCUT2D eigenvalue weighted by Crippen LogP contribution is -2.24. The van der Waals surface area contributed by atoms with Crippen LogP contribution >= 0.6 is 0 Å². The van der Waals surface area contributed by atoms with Gasteiger partial charge in [-0.3, -0.25) is 9.59 Å². The second-order valence-electron chi connectivity index (χ2n) is 6.08. The number of benzene rings is 2. The summed E-state index contributed by atoms with van der Waals surface area (Å²) < 4.78 is 10.5. The van der Waals surface area contributed by atoms with Gasteiger partial charge in [-0.1, -0.05) is 6.07 Å². The highest BCUT2D eigenvalue weighted by atomic mass is 16.5. The molecule has 3 rings (SSSR count). The van der Waals surface area contributed by atoms with E-state index >= 15 is 0 Å². The highest BCUT2D eigenvalue weighted by Gasteiger charge is 2.10. The van der Waals surface area contributed by atoms with Gasteiger partial charge in [0.1, 0.15) is 5.75 Å². The lowest BCUT2D eigenvalue weighted by molar-refractivity contribution is -0.118. The Kier molecular flexibility index (Phi) is 6.67. The van der Waals surface area contributed by atoms with Gasteiger partial charge in [0.15, 0.2) is 12.4 Å². The van der Waals surface area contributed by atoms with Gasteiger partial charge >= 0.3 is 6.03 Å². The molecule has 1 heterocycles. The Hall–Kier alpha value is -4.27. The van der Waals surface area contributed by atoms with Crippen molar-refractivity contribution in [3.8, 4) is 5.75 Å². The molecule has 0 aliphatic heterocycles. The third kappa shape index (κ3) is 5.86. The number of carbonyl (C=O) groups excluding carboxylic acids is 3. The van der Waals surface area contributed by atoms with Crippen LogP contribution in [0.15, 0.2) is 71.3 Å². The SMILES string of the molecule is CNC(=O)Nc1ccc(NC(=O)COc2cccc(NC(=O)c3ccco3)c2)cc1. The van der Waals surface area contributed by atoms with Crippen LogP contribution in [-0.2, 0) is 4.79 Å². The van der Waals surface area contributed by atoms with Crippen molar-refractivity contribution in [2.24, 2.45) is 0 Å². The van der Waals surface area contributed by atoms with Crippen molar-refractivity contribution in [2.45, 2.75) is 0 Å². The maximum Gasteiger partial charge on any atom is 0.318 e. The van der Waals surface area contributed by atoms with Gasteiger partial charge in [0, 0.05) is 30.2 Å². The molecule has 4 amide bonds. The Morgan fingerprint density at radius 2 is 1.60 bits per heavy atom. The van der Waals surface area contributed by atoms with E-state index in [2.05, 4.69) is 21.3 Å². The second-order valence-corrected chi connectivity index (χ2v) is 6.08. The van der Waals surface area contributed by atoms with Crippen LogP contribution in [0.2, 0.25) is 0 Å². The van der Waals surface area contributed by atoms with Crippen molar-refractivity contribution in [1.29, 1.82) is 0 Å². The third-order valence-corrected chi connectivity index (χ3v) is 3.86. The van der Waals surface area contributed by atoms with Crippen LogP contribution in [0.3, 0.4) is 0 Å². The molecule has 9 heteroatoms. The lowest BCUT2D eigenvalue weighted by atomic mass is 10.2. The number of rotatable bonds is 7. The van der Waals surface area contributed by atoms with Crippen LogP contribution in [0.1, 0.15) is 10.6 Å². The van der Waals surface area contributed by atoms with E-state index < -0.39 is 0 Å². The van der Waals surface area contributed by atoms with Crippen LogP contribution in [0.25, 0.3) is 0 Å². The quantitative estimate of drug-likeness (QED) is 0.478. The van der Waals surface area contributed by atoms with Crippen molar-refractivity contribution in [3.63, 3.8) is 0 Å². The number of urea groups is 1. The van der Waals surface area contributed by atoms with E-state index in [1.807, 2.05) is 0 Å². The summed E-state index contributed by atoms with van der Waals surface area (Å²) in [7, 11) is 1.52. The summed E-state index contributed by atoms with van der Waals surface area (Å²) in [6.07, 6.45) is 1.42. The van der Waals surface area contributed by atoms with E-state index in [-0.39, 0.29) is 30.2 Å². The monoisotopic (exact) mass is 408 g/mol. The number of anilines is 3. The fraction of sp³-hybridized carbons (Fsp3) is 0.0952. The zero-order chi connectivity index (χ0) is 21.3. The maximum atomic E-state index is 12.1. The van der Waals surface area contributed by atoms with Crippen molar-refractivity contribution in [1.82, 2.24) is 5.32 Å². The van der Waals surface area contributed by atoms with E-state index in [0.29, 0.717) is 22.8 Å². The minimum atomic E-state index is -0.385. The molecule has 0 atom stereocenters. The van der Waals surface area contributed by atoms with Gasteiger partial charge in [-0.25, -0.2) is 4.79 Å². The summed E-state index contributed by atoms with van der Waals surface area (Å²) in [5, 5.41) is 10.5. The molecule has 0 fully saturated rings. The molecule has 30 heavy (non-hydrogen) atoms. The summed E-state index contributed by atoms with van der Waals surface area (Å²) in [6, 6.07) is 16.2. The average Bonchev–Trinajstić information content (AvgIpc) is 3.29. The molecule has 0 radical (unpaired) electrons. The van der Waals surface area contributed by atoms with Crippen LogP contribution in [0, 0.1) is 0 Å². The van der Waals surface area contributed by atoms with Gasteiger partial charge in [0.25, 0.3) is 11.8 Å². The molecule has 0 aliphatic rings.